The normalized spacial score (nSPS) is 11.1. The molecule has 0 aliphatic carbocycles. The Kier molecular flexibility index (Phi) is 6.83. The van der Waals surface area contributed by atoms with Gasteiger partial charge >= 0.3 is 0 Å². The Labute approximate surface area is 173 Å². The van der Waals surface area contributed by atoms with E-state index in [-0.39, 0.29) is 5.91 Å². The van der Waals surface area contributed by atoms with Crippen molar-refractivity contribution < 1.29 is 4.79 Å². The number of benzene rings is 2. The van der Waals surface area contributed by atoms with Crippen molar-refractivity contribution in [3.63, 3.8) is 0 Å². The fraction of sp³-hybridized carbons (Fsp3) is 0.333. The lowest BCUT2D eigenvalue weighted by atomic mass is 10.2. The van der Waals surface area contributed by atoms with Gasteiger partial charge in [-0.25, -0.2) is 4.68 Å². The zero-order chi connectivity index (χ0) is 20.8. The summed E-state index contributed by atoms with van der Waals surface area (Å²) >= 11 is 0. The Bertz CT molecular complexity index is 945. The van der Waals surface area contributed by atoms with Crippen molar-refractivity contribution in [3.05, 3.63) is 77.1 Å². The highest BCUT2D eigenvalue weighted by molar-refractivity contribution is 5.93. The number of nitrogens with one attached hydrogen (secondary N) is 1. The maximum atomic E-state index is 12.8. The van der Waals surface area contributed by atoms with Crippen LogP contribution in [0.25, 0.3) is 5.69 Å². The first-order valence-electron chi connectivity index (χ1n) is 10.2. The van der Waals surface area contributed by atoms with E-state index in [9.17, 15) is 4.79 Å². The van der Waals surface area contributed by atoms with Crippen molar-refractivity contribution in [3.8, 4) is 5.69 Å². The van der Waals surface area contributed by atoms with E-state index in [1.165, 1.54) is 11.1 Å². The number of amides is 1. The smallest absolute Gasteiger partial charge is 0.238 e. The zero-order valence-corrected chi connectivity index (χ0v) is 17.8. The Balaban J connectivity index is 1.71. The summed E-state index contributed by atoms with van der Waals surface area (Å²) in [4.78, 5) is 15.0. The molecule has 29 heavy (non-hydrogen) atoms. The Morgan fingerprint density at radius 3 is 2.38 bits per heavy atom. The number of carbonyl (C=O) groups is 1. The molecule has 0 radical (unpaired) electrons. The second kappa shape index (κ2) is 9.52. The largest absolute Gasteiger partial charge is 0.322 e. The fourth-order valence-corrected chi connectivity index (χ4v) is 3.51. The minimum Gasteiger partial charge on any atom is -0.322 e. The standard InChI is InChI=1S/C24H30N4O/c1-5-15-27(16-21-9-7-6-8-10-21)17-23(29)25-24-19(3)26-28(20(24)4)22-13-11-18(2)12-14-22/h6-14H,5,15-17H2,1-4H3,(H,25,29). The molecule has 0 aliphatic rings. The van der Waals surface area contributed by atoms with Crippen LogP contribution >= 0.6 is 0 Å². The topological polar surface area (TPSA) is 50.2 Å². The molecule has 0 atom stereocenters. The summed E-state index contributed by atoms with van der Waals surface area (Å²) in [6.07, 6.45) is 1.00. The van der Waals surface area contributed by atoms with Crippen LogP contribution in [0, 0.1) is 20.8 Å². The monoisotopic (exact) mass is 390 g/mol. The van der Waals surface area contributed by atoms with Gasteiger partial charge in [-0.1, -0.05) is 55.0 Å². The van der Waals surface area contributed by atoms with Gasteiger partial charge in [0.25, 0.3) is 0 Å². The van der Waals surface area contributed by atoms with Gasteiger partial charge in [-0.3, -0.25) is 9.69 Å². The van der Waals surface area contributed by atoms with Gasteiger partial charge in [0, 0.05) is 6.54 Å². The summed E-state index contributed by atoms with van der Waals surface area (Å²) in [6, 6.07) is 18.5. The molecule has 0 unspecified atom stereocenters. The first kappa shape index (κ1) is 20.8. The Morgan fingerprint density at radius 2 is 1.72 bits per heavy atom. The highest BCUT2D eigenvalue weighted by Crippen LogP contribution is 2.23. The third kappa shape index (κ3) is 5.33. The fourth-order valence-electron chi connectivity index (χ4n) is 3.51. The lowest BCUT2D eigenvalue weighted by Gasteiger charge is -2.21. The lowest BCUT2D eigenvalue weighted by molar-refractivity contribution is -0.117. The zero-order valence-electron chi connectivity index (χ0n) is 17.8. The summed E-state index contributed by atoms with van der Waals surface area (Å²) < 4.78 is 1.89. The van der Waals surface area contributed by atoms with Crippen molar-refractivity contribution >= 4 is 11.6 Å². The van der Waals surface area contributed by atoms with E-state index in [0.717, 1.165) is 42.3 Å². The van der Waals surface area contributed by atoms with Crippen LogP contribution in [0.2, 0.25) is 0 Å². The number of hydrogen-bond acceptors (Lipinski definition) is 3. The van der Waals surface area contributed by atoms with Gasteiger partial charge in [-0.05, 0) is 51.4 Å². The van der Waals surface area contributed by atoms with Crippen LogP contribution in [0.15, 0.2) is 54.6 Å². The number of carbonyl (C=O) groups excluding carboxylic acids is 1. The number of nitrogens with zero attached hydrogens (tertiary/aromatic N) is 3. The van der Waals surface area contributed by atoms with Crippen LogP contribution < -0.4 is 5.32 Å². The maximum absolute atomic E-state index is 12.8. The molecule has 1 heterocycles. The minimum atomic E-state index is -0.0102. The van der Waals surface area contributed by atoms with Crippen molar-refractivity contribution in [1.29, 1.82) is 0 Å². The van der Waals surface area contributed by atoms with Crippen LogP contribution in [0.1, 0.15) is 35.9 Å². The van der Waals surface area contributed by atoms with Crippen molar-refractivity contribution in [2.75, 3.05) is 18.4 Å². The van der Waals surface area contributed by atoms with Crippen molar-refractivity contribution in [2.24, 2.45) is 0 Å². The molecule has 0 aliphatic heterocycles. The van der Waals surface area contributed by atoms with Gasteiger partial charge in [-0.2, -0.15) is 5.10 Å². The van der Waals surface area contributed by atoms with E-state index in [1.54, 1.807) is 0 Å². The molecule has 152 valence electrons. The first-order valence-corrected chi connectivity index (χ1v) is 10.2. The van der Waals surface area contributed by atoms with Crippen LogP contribution in [-0.4, -0.2) is 33.7 Å². The number of aryl methyl sites for hydroxylation is 2. The van der Waals surface area contributed by atoms with Gasteiger partial charge in [-0.15, -0.1) is 0 Å². The van der Waals surface area contributed by atoms with Gasteiger partial charge in [0.15, 0.2) is 0 Å². The van der Waals surface area contributed by atoms with Crippen molar-refractivity contribution in [2.45, 2.75) is 40.7 Å². The maximum Gasteiger partial charge on any atom is 0.238 e. The summed E-state index contributed by atoms with van der Waals surface area (Å²) in [7, 11) is 0. The molecule has 0 bridgehead atoms. The second-order valence-electron chi connectivity index (χ2n) is 7.54. The SMILES string of the molecule is CCCN(CC(=O)Nc1c(C)nn(-c2ccc(C)cc2)c1C)Cc1ccccc1. The molecule has 1 amide bonds. The number of aromatic nitrogens is 2. The first-order chi connectivity index (χ1) is 14.0. The van der Waals surface area contributed by atoms with E-state index in [4.69, 9.17) is 0 Å². The van der Waals surface area contributed by atoms with Crippen LogP contribution in [0.4, 0.5) is 5.69 Å². The quantitative estimate of drug-likeness (QED) is 0.609. The average Bonchev–Trinajstić information content (AvgIpc) is 2.98. The summed E-state index contributed by atoms with van der Waals surface area (Å²) in [5.74, 6) is -0.0102. The van der Waals surface area contributed by atoms with Gasteiger partial charge in [0.05, 0.1) is 29.3 Å². The molecule has 0 saturated heterocycles. The number of rotatable bonds is 8. The third-order valence-electron chi connectivity index (χ3n) is 4.99. The molecular weight excluding hydrogens is 360 g/mol. The molecule has 2 aromatic carbocycles. The van der Waals surface area contributed by atoms with Gasteiger partial charge in [0.2, 0.25) is 5.91 Å². The van der Waals surface area contributed by atoms with Gasteiger partial charge in [0.1, 0.15) is 0 Å². The van der Waals surface area contributed by atoms with E-state index in [0.29, 0.717) is 6.54 Å². The molecular formula is C24H30N4O. The molecule has 0 fully saturated rings. The second-order valence-corrected chi connectivity index (χ2v) is 7.54. The molecule has 0 saturated carbocycles. The molecule has 5 heteroatoms. The van der Waals surface area contributed by atoms with Gasteiger partial charge < -0.3 is 5.32 Å². The van der Waals surface area contributed by atoms with E-state index in [1.807, 2.05) is 48.9 Å². The van der Waals surface area contributed by atoms with Crippen LogP contribution in [0.3, 0.4) is 0 Å². The summed E-state index contributed by atoms with van der Waals surface area (Å²) in [6.45, 7) is 10.1. The minimum absolute atomic E-state index is 0.0102. The Morgan fingerprint density at radius 1 is 1.03 bits per heavy atom. The molecule has 3 aromatic rings. The van der Waals surface area contributed by atoms with E-state index < -0.39 is 0 Å². The summed E-state index contributed by atoms with van der Waals surface area (Å²) in [5.41, 5.74) is 5.97. The highest BCUT2D eigenvalue weighted by Gasteiger charge is 2.17. The predicted molar refractivity (Wildman–Crippen MR) is 118 cm³/mol. The molecule has 5 nitrogen and oxygen atoms in total. The van der Waals surface area contributed by atoms with Crippen LogP contribution in [0.5, 0.6) is 0 Å². The predicted octanol–water partition coefficient (Wildman–Crippen LogP) is 4.65. The lowest BCUT2D eigenvalue weighted by Crippen LogP contribution is -2.33. The van der Waals surface area contributed by atoms with Crippen LogP contribution in [-0.2, 0) is 11.3 Å². The molecule has 1 aromatic heterocycles. The van der Waals surface area contributed by atoms with Crippen molar-refractivity contribution in [1.82, 2.24) is 14.7 Å². The molecule has 0 spiro atoms. The highest BCUT2D eigenvalue weighted by atomic mass is 16.2. The summed E-state index contributed by atoms with van der Waals surface area (Å²) in [5, 5.41) is 7.73. The average molecular weight is 391 g/mol. The van der Waals surface area contributed by atoms with E-state index >= 15 is 0 Å². The number of hydrogen-bond donors (Lipinski definition) is 1. The molecule has 3 rings (SSSR count). The Hall–Kier alpha value is -2.92. The molecule has 1 N–H and O–H groups in total. The number of anilines is 1. The van der Waals surface area contributed by atoms with E-state index in [2.05, 4.69) is 53.4 Å². The third-order valence-corrected chi connectivity index (χ3v) is 4.99.